The van der Waals surface area contributed by atoms with Crippen LogP contribution in [0.15, 0.2) is 103 Å². The molecule has 268 valence electrons. The average molecular weight is 729 g/mol. The number of aliphatic hydroxyl groups is 2. The summed E-state index contributed by atoms with van der Waals surface area (Å²) < 4.78 is 4.71. The number of allylic oxidation sites excluding steroid dienone is 6. The average Bonchev–Trinajstić information content (AvgIpc) is 3.02. The Morgan fingerprint density at radius 2 is 1.22 bits per heavy atom. The normalized spacial score (nSPS) is 10.1. The van der Waals surface area contributed by atoms with E-state index in [0.717, 1.165) is 17.7 Å². The predicted octanol–water partition coefficient (Wildman–Crippen LogP) is -0.425. The molecule has 2 rings (SSSR count). The fourth-order valence-electron chi connectivity index (χ4n) is 2.65. The number of phenolic OH excluding ortho intramolecular Hbond substituents is 1. The Labute approximate surface area is 331 Å². The second-order valence-corrected chi connectivity index (χ2v) is 8.79. The van der Waals surface area contributed by atoms with E-state index in [1.807, 2.05) is 37.3 Å². The van der Waals surface area contributed by atoms with E-state index >= 15 is 0 Å². The van der Waals surface area contributed by atoms with Crippen LogP contribution in [0.2, 0.25) is 0 Å². The van der Waals surface area contributed by atoms with E-state index in [2.05, 4.69) is 0 Å². The number of esters is 1. The molecule has 2 aromatic carbocycles. The van der Waals surface area contributed by atoms with E-state index in [1.165, 1.54) is 24.3 Å². The van der Waals surface area contributed by atoms with E-state index in [0.29, 0.717) is 6.61 Å². The molecule has 16 heteroatoms. The zero-order chi connectivity index (χ0) is 38.3. The third-order valence-corrected chi connectivity index (χ3v) is 4.79. The molecule has 0 radical (unpaired) electrons. The Kier molecular flexibility index (Phi) is 34.7. The van der Waals surface area contributed by atoms with Gasteiger partial charge in [-0.05, 0) is 44.5 Å². The van der Waals surface area contributed by atoms with E-state index in [1.54, 1.807) is 50.3 Å². The van der Waals surface area contributed by atoms with Gasteiger partial charge in [0.25, 0.3) is 0 Å². The Hall–Kier alpha value is -4.42. The Morgan fingerprint density at radius 1 is 0.760 bits per heavy atom. The van der Waals surface area contributed by atoms with Crippen LogP contribution in [-0.2, 0) is 35.3 Å². The fraction of sp³-hybridized carbons (Fsp3) is 0.235. The third-order valence-electron chi connectivity index (χ3n) is 4.79. The van der Waals surface area contributed by atoms with Crippen LogP contribution in [0.5, 0.6) is 5.75 Å². The number of para-hydroxylation sites is 1. The molecule has 0 aliphatic carbocycles. The van der Waals surface area contributed by atoms with Crippen molar-refractivity contribution >= 4 is 35.8 Å². The molecule has 0 unspecified atom stereocenters. The molecule has 0 saturated carbocycles. The first kappa shape index (κ1) is 52.4. The first-order valence-electron chi connectivity index (χ1n) is 14.0. The van der Waals surface area contributed by atoms with Gasteiger partial charge in [0.2, 0.25) is 0 Å². The number of benzene rings is 2. The minimum absolute atomic E-state index is 0. The molecular weight excluding hydrogens is 687 g/mol. The van der Waals surface area contributed by atoms with Crippen LogP contribution < -0.4 is 56.5 Å². The number of rotatable bonds is 12. The van der Waals surface area contributed by atoms with Gasteiger partial charge in [0.1, 0.15) is 11.3 Å². The van der Waals surface area contributed by atoms with Gasteiger partial charge in [0, 0.05) is 6.08 Å². The van der Waals surface area contributed by atoms with Crippen LogP contribution in [-0.4, -0.2) is 83.8 Å². The summed E-state index contributed by atoms with van der Waals surface area (Å²) in [5.41, 5.74) is -1.57. The molecule has 0 heterocycles. The van der Waals surface area contributed by atoms with Crippen molar-refractivity contribution in [2.24, 2.45) is 0 Å². The fourth-order valence-corrected chi connectivity index (χ4v) is 2.65. The molecule has 0 spiro atoms. The molecule has 15 nitrogen and oxygen atoms in total. The summed E-state index contributed by atoms with van der Waals surface area (Å²) in [6, 6.07) is 15.8. The van der Waals surface area contributed by atoms with Gasteiger partial charge in [-0.25, -0.2) is 14.4 Å². The topological polar surface area (TPSA) is 276 Å². The Morgan fingerprint density at radius 3 is 1.56 bits per heavy atom. The van der Waals surface area contributed by atoms with Crippen molar-refractivity contribution in [2.75, 3.05) is 6.61 Å². The van der Waals surface area contributed by atoms with Gasteiger partial charge in [-0.3, -0.25) is 9.59 Å². The Bertz CT molecular complexity index is 1370. The van der Waals surface area contributed by atoms with E-state index in [4.69, 9.17) is 35.4 Å². The van der Waals surface area contributed by atoms with Gasteiger partial charge < -0.3 is 50.4 Å². The maximum absolute atomic E-state index is 11.1. The van der Waals surface area contributed by atoms with Crippen LogP contribution in [0, 0.1) is 0 Å². The molecular formula is C34H41KO15. The van der Waals surface area contributed by atoms with Crippen LogP contribution >= 0.6 is 0 Å². The number of hydrogen-bond acceptors (Lipinski definition) is 11. The maximum Gasteiger partial charge on any atom is 1.00 e. The van der Waals surface area contributed by atoms with E-state index in [-0.39, 0.29) is 69.3 Å². The predicted molar refractivity (Wildman–Crippen MR) is 174 cm³/mol. The van der Waals surface area contributed by atoms with Crippen molar-refractivity contribution in [1.82, 2.24) is 0 Å². The number of hydrogen-bond donors (Lipinski definition) is 7. The van der Waals surface area contributed by atoms with Crippen molar-refractivity contribution < 1.29 is 126 Å². The number of aromatic hydroxyl groups is 1. The number of phenols is 1. The zero-order valence-corrected chi connectivity index (χ0v) is 31.2. The maximum atomic E-state index is 11.1. The number of aliphatic hydroxyl groups excluding tert-OH is 1. The zero-order valence-electron chi connectivity index (χ0n) is 28.0. The molecule has 0 aliphatic rings. The SMILES string of the molecule is C/C=C/C=C/C(=O)O.C/C=C/C=C/C(=O)[O-].CCOC(=O)c1ccccc1O.O=C(O)CC(O)(CC(=O)O)C(=O)O.OCc1ccccc1.[K+]. The molecule has 0 bridgehead atoms. The minimum atomic E-state index is -2.74. The first-order valence-corrected chi connectivity index (χ1v) is 14.0. The second-order valence-electron chi connectivity index (χ2n) is 8.79. The number of aliphatic carboxylic acids is 5. The van der Waals surface area contributed by atoms with Crippen LogP contribution in [0.1, 0.15) is 49.5 Å². The first-order chi connectivity index (χ1) is 23.0. The van der Waals surface area contributed by atoms with Gasteiger partial charge in [-0.15, -0.1) is 0 Å². The number of carboxylic acid groups (broad SMARTS) is 5. The van der Waals surface area contributed by atoms with Crippen molar-refractivity contribution in [3.63, 3.8) is 0 Å². The van der Waals surface area contributed by atoms with Crippen molar-refractivity contribution in [3.8, 4) is 5.75 Å². The number of carboxylic acids is 5. The largest absolute Gasteiger partial charge is 1.00 e. The number of carbonyl (C=O) groups is 6. The molecule has 50 heavy (non-hydrogen) atoms. The smallest absolute Gasteiger partial charge is 0.545 e. The summed E-state index contributed by atoms with van der Waals surface area (Å²) in [6.07, 6.45) is 9.43. The van der Waals surface area contributed by atoms with Gasteiger partial charge in [0.05, 0.1) is 32.0 Å². The number of carbonyl (C=O) groups excluding carboxylic acids is 2. The molecule has 0 aliphatic heterocycles. The molecule has 0 amide bonds. The van der Waals surface area contributed by atoms with Gasteiger partial charge in [-0.2, -0.15) is 0 Å². The van der Waals surface area contributed by atoms with E-state index < -0.39 is 54.3 Å². The molecule has 7 N–H and O–H groups in total. The van der Waals surface area contributed by atoms with E-state index in [9.17, 15) is 39.0 Å². The summed E-state index contributed by atoms with van der Waals surface area (Å²) in [4.78, 5) is 61.0. The van der Waals surface area contributed by atoms with Crippen molar-refractivity contribution in [3.05, 3.63) is 114 Å². The molecule has 0 saturated heterocycles. The third kappa shape index (κ3) is 32.1. The molecule has 2 aromatic rings. The van der Waals surface area contributed by atoms with Crippen LogP contribution in [0.3, 0.4) is 0 Å². The summed E-state index contributed by atoms with van der Waals surface area (Å²) in [5, 5.41) is 69.2. The summed E-state index contributed by atoms with van der Waals surface area (Å²) >= 11 is 0. The standard InChI is InChI=1S/C9H10O3.C7H8O.C6H8O7.2C6H8O2.K/c1-2-12-9(11)7-5-3-4-6-8(7)10;8-6-7-4-2-1-3-5-7;7-3(8)1-6(13,5(11)12)2-4(9)10;2*1-2-3-4-5-6(7)8;/h3-6,10H,2H2,1H3;1-5,8H,6H2;13H,1-2H2,(H,7,8)(H,9,10)(H,11,12);2*2-5H,1H3,(H,7,8);/q;;;;;+1/p-1/b;;;2*3-2+,5-4+;. The summed E-state index contributed by atoms with van der Waals surface area (Å²) in [6.45, 7) is 5.80. The van der Waals surface area contributed by atoms with Gasteiger partial charge in [0.15, 0.2) is 5.60 Å². The second kappa shape index (κ2) is 33.1. The summed E-state index contributed by atoms with van der Waals surface area (Å²) in [7, 11) is 0. The molecule has 0 aromatic heterocycles. The van der Waals surface area contributed by atoms with Crippen LogP contribution in [0.4, 0.5) is 0 Å². The minimum Gasteiger partial charge on any atom is -0.545 e. The van der Waals surface area contributed by atoms with Gasteiger partial charge in [-0.1, -0.05) is 78.9 Å². The van der Waals surface area contributed by atoms with Crippen LogP contribution in [0.25, 0.3) is 0 Å². The molecule has 0 atom stereocenters. The quantitative estimate of drug-likeness (QED) is 0.0632. The monoisotopic (exact) mass is 728 g/mol. The number of ether oxygens (including phenoxy) is 1. The summed E-state index contributed by atoms with van der Waals surface area (Å²) in [5.74, 6) is -7.63. The Balaban J connectivity index is -0.000000268. The molecule has 0 fully saturated rings. The van der Waals surface area contributed by atoms with Crippen molar-refractivity contribution in [2.45, 2.75) is 45.8 Å². The van der Waals surface area contributed by atoms with Crippen molar-refractivity contribution in [1.29, 1.82) is 0 Å². The van der Waals surface area contributed by atoms with Gasteiger partial charge >= 0.3 is 81.2 Å².